The molecular weight excluding hydrogens is 184 g/mol. The third-order valence-electron chi connectivity index (χ3n) is 4.08. The normalized spacial score (nSPS) is 27.9. The summed E-state index contributed by atoms with van der Waals surface area (Å²) in [6, 6.07) is 0. The lowest BCUT2D eigenvalue weighted by molar-refractivity contribution is -0.116. The van der Waals surface area contributed by atoms with Crippen LogP contribution in [0.1, 0.15) is 52.9 Å². The van der Waals surface area contributed by atoms with Gasteiger partial charge in [0.1, 0.15) is 0 Å². The van der Waals surface area contributed by atoms with Crippen LogP contribution in [0.4, 0.5) is 0 Å². The third kappa shape index (κ3) is 1.80. The highest BCUT2D eigenvalue weighted by Crippen LogP contribution is 2.37. The molecule has 15 heavy (non-hydrogen) atoms. The first kappa shape index (κ1) is 10.7. The summed E-state index contributed by atoms with van der Waals surface area (Å²) < 4.78 is 0. The van der Waals surface area contributed by atoms with Crippen molar-refractivity contribution in [2.75, 3.05) is 0 Å². The molecule has 1 unspecified atom stereocenters. The van der Waals surface area contributed by atoms with Gasteiger partial charge in [-0.05, 0) is 62.2 Å². The van der Waals surface area contributed by atoms with Gasteiger partial charge in [-0.3, -0.25) is 4.79 Å². The molecular formula is C14H20O. The van der Waals surface area contributed by atoms with E-state index in [0.717, 1.165) is 24.8 Å². The van der Waals surface area contributed by atoms with Gasteiger partial charge in [-0.2, -0.15) is 0 Å². The van der Waals surface area contributed by atoms with Crippen LogP contribution >= 0.6 is 0 Å². The molecule has 1 nitrogen and oxygen atoms in total. The molecule has 2 aliphatic rings. The van der Waals surface area contributed by atoms with Crippen LogP contribution in [-0.2, 0) is 4.79 Å². The summed E-state index contributed by atoms with van der Waals surface area (Å²) in [4.78, 5) is 12.1. The monoisotopic (exact) mass is 204 g/mol. The molecule has 1 atom stereocenters. The van der Waals surface area contributed by atoms with Gasteiger partial charge in [0.05, 0.1) is 0 Å². The molecule has 0 aliphatic heterocycles. The first-order valence-corrected chi connectivity index (χ1v) is 6.04. The predicted octanol–water partition coefficient (Wildman–Crippen LogP) is 3.80. The fraction of sp³-hybridized carbons (Fsp3) is 0.643. The molecule has 0 saturated heterocycles. The Morgan fingerprint density at radius 2 is 1.67 bits per heavy atom. The molecule has 2 rings (SSSR count). The topological polar surface area (TPSA) is 17.1 Å². The van der Waals surface area contributed by atoms with Gasteiger partial charge >= 0.3 is 0 Å². The fourth-order valence-electron chi connectivity index (χ4n) is 2.79. The van der Waals surface area contributed by atoms with Gasteiger partial charge in [0.25, 0.3) is 0 Å². The van der Waals surface area contributed by atoms with Crippen LogP contribution in [-0.4, -0.2) is 5.78 Å². The van der Waals surface area contributed by atoms with Crippen LogP contribution in [0.2, 0.25) is 0 Å². The van der Waals surface area contributed by atoms with Gasteiger partial charge in [0.2, 0.25) is 0 Å². The van der Waals surface area contributed by atoms with Gasteiger partial charge in [0, 0.05) is 6.42 Å². The lowest BCUT2D eigenvalue weighted by atomic mass is 9.86. The van der Waals surface area contributed by atoms with E-state index < -0.39 is 0 Å². The van der Waals surface area contributed by atoms with E-state index in [-0.39, 0.29) is 0 Å². The van der Waals surface area contributed by atoms with E-state index in [2.05, 4.69) is 20.8 Å². The zero-order valence-corrected chi connectivity index (χ0v) is 10.0. The average Bonchev–Trinajstić information content (AvgIpc) is 2.33. The molecule has 1 heteroatoms. The molecule has 0 aromatic heterocycles. The van der Waals surface area contributed by atoms with E-state index in [1.165, 1.54) is 29.6 Å². The zero-order valence-electron chi connectivity index (χ0n) is 10.0. The van der Waals surface area contributed by atoms with Crippen molar-refractivity contribution in [1.29, 1.82) is 0 Å². The Morgan fingerprint density at radius 1 is 1.07 bits per heavy atom. The Morgan fingerprint density at radius 3 is 2.33 bits per heavy atom. The Kier molecular flexibility index (Phi) is 2.81. The lowest BCUT2D eigenvalue weighted by Crippen LogP contribution is -2.10. The second-order valence-electron chi connectivity index (χ2n) is 5.00. The zero-order chi connectivity index (χ0) is 11.0. The first-order valence-electron chi connectivity index (χ1n) is 6.04. The van der Waals surface area contributed by atoms with Crippen molar-refractivity contribution in [3.8, 4) is 0 Å². The predicted molar refractivity (Wildman–Crippen MR) is 62.7 cm³/mol. The number of hydrogen-bond acceptors (Lipinski definition) is 1. The Hall–Kier alpha value is -0.850. The highest BCUT2D eigenvalue weighted by Gasteiger charge is 2.26. The molecule has 0 aromatic rings. The molecule has 0 heterocycles. The van der Waals surface area contributed by atoms with Crippen molar-refractivity contribution in [2.45, 2.75) is 52.9 Å². The van der Waals surface area contributed by atoms with Gasteiger partial charge < -0.3 is 0 Å². The Labute approximate surface area is 92.3 Å². The van der Waals surface area contributed by atoms with Crippen molar-refractivity contribution < 1.29 is 4.79 Å². The number of rotatable bonds is 0. The van der Waals surface area contributed by atoms with E-state index in [1.54, 1.807) is 0 Å². The number of carbonyl (C=O) groups excluding carboxylic acids is 1. The summed E-state index contributed by atoms with van der Waals surface area (Å²) in [6.45, 7) is 6.57. The average molecular weight is 204 g/mol. The van der Waals surface area contributed by atoms with E-state index in [4.69, 9.17) is 0 Å². The van der Waals surface area contributed by atoms with Crippen molar-refractivity contribution in [2.24, 2.45) is 5.92 Å². The Bertz CT molecular complexity index is 358. The minimum Gasteiger partial charge on any atom is -0.295 e. The quantitative estimate of drug-likeness (QED) is 0.586. The highest BCUT2D eigenvalue weighted by molar-refractivity contribution is 5.97. The summed E-state index contributed by atoms with van der Waals surface area (Å²) >= 11 is 0. The molecule has 0 N–H and O–H groups in total. The minimum atomic E-state index is 0.411. The molecule has 0 radical (unpaired) electrons. The first-order chi connectivity index (χ1) is 7.11. The van der Waals surface area contributed by atoms with Crippen molar-refractivity contribution >= 4 is 5.78 Å². The van der Waals surface area contributed by atoms with Crippen LogP contribution in [0.3, 0.4) is 0 Å². The van der Waals surface area contributed by atoms with Gasteiger partial charge in [0.15, 0.2) is 5.78 Å². The molecule has 0 saturated carbocycles. The van der Waals surface area contributed by atoms with Crippen molar-refractivity contribution in [1.82, 2.24) is 0 Å². The standard InChI is InChI=1S/C14H20O/c1-9-8-14(15)13-7-5-4-6-12(13)11(3)10(9)2/h9H,4-8H2,1-3H3. The number of allylic oxidation sites excluding steroid dienone is 4. The maximum Gasteiger partial charge on any atom is 0.159 e. The highest BCUT2D eigenvalue weighted by atomic mass is 16.1. The number of hydrogen-bond donors (Lipinski definition) is 0. The molecule has 0 amide bonds. The van der Waals surface area contributed by atoms with E-state index in [9.17, 15) is 4.79 Å². The summed E-state index contributed by atoms with van der Waals surface area (Å²) in [5.74, 6) is 0.844. The fourth-order valence-corrected chi connectivity index (χ4v) is 2.79. The SMILES string of the molecule is CC1=C(C)C(C)CC(=O)C2=C1CCCC2. The van der Waals surface area contributed by atoms with E-state index in [0.29, 0.717) is 11.7 Å². The minimum absolute atomic E-state index is 0.411. The molecule has 0 fully saturated rings. The van der Waals surface area contributed by atoms with Gasteiger partial charge in [-0.15, -0.1) is 0 Å². The maximum atomic E-state index is 12.1. The molecule has 2 aliphatic carbocycles. The molecule has 82 valence electrons. The number of ketones is 1. The van der Waals surface area contributed by atoms with Gasteiger partial charge in [-0.25, -0.2) is 0 Å². The maximum absolute atomic E-state index is 12.1. The summed E-state index contributed by atoms with van der Waals surface area (Å²) in [5, 5.41) is 0. The second-order valence-corrected chi connectivity index (χ2v) is 5.00. The summed E-state index contributed by atoms with van der Waals surface area (Å²) in [5.41, 5.74) is 5.37. The van der Waals surface area contributed by atoms with E-state index >= 15 is 0 Å². The second kappa shape index (κ2) is 3.96. The van der Waals surface area contributed by atoms with E-state index in [1.807, 2.05) is 0 Å². The van der Waals surface area contributed by atoms with Gasteiger partial charge in [-0.1, -0.05) is 12.5 Å². The van der Waals surface area contributed by atoms with Crippen LogP contribution in [0.15, 0.2) is 22.3 Å². The molecule has 0 spiro atoms. The number of Topliss-reactive ketones (excluding diaryl/α,β-unsaturated/α-hetero) is 1. The van der Waals surface area contributed by atoms with Crippen molar-refractivity contribution in [3.05, 3.63) is 22.3 Å². The number of carbonyl (C=O) groups is 1. The smallest absolute Gasteiger partial charge is 0.159 e. The summed E-state index contributed by atoms with van der Waals surface area (Å²) in [7, 11) is 0. The van der Waals surface area contributed by atoms with Crippen molar-refractivity contribution in [3.63, 3.8) is 0 Å². The van der Waals surface area contributed by atoms with Crippen LogP contribution in [0, 0.1) is 5.92 Å². The van der Waals surface area contributed by atoms with Crippen LogP contribution < -0.4 is 0 Å². The largest absolute Gasteiger partial charge is 0.295 e. The lowest BCUT2D eigenvalue weighted by Gasteiger charge is -2.19. The van der Waals surface area contributed by atoms with Crippen LogP contribution in [0.5, 0.6) is 0 Å². The molecule has 0 aromatic carbocycles. The molecule has 0 bridgehead atoms. The third-order valence-corrected chi connectivity index (χ3v) is 4.08. The Balaban J connectivity index is 2.49. The summed E-state index contributed by atoms with van der Waals surface area (Å²) in [6.07, 6.45) is 5.32. The van der Waals surface area contributed by atoms with Crippen LogP contribution in [0.25, 0.3) is 0 Å².